The molecule has 2 heteroatoms. The first-order valence-electron chi connectivity index (χ1n) is 18.3. The van der Waals surface area contributed by atoms with Gasteiger partial charge in [-0.2, -0.15) is 0 Å². The van der Waals surface area contributed by atoms with Crippen LogP contribution in [0.4, 0.5) is 0 Å². The quantitative estimate of drug-likeness (QED) is 0.181. The minimum absolute atomic E-state index is 0.0176. The van der Waals surface area contributed by atoms with Crippen molar-refractivity contribution in [1.29, 1.82) is 0 Å². The van der Waals surface area contributed by atoms with Gasteiger partial charge < -0.3 is 8.98 Å². The van der Waals surface area contributed by atoms with E-state index in [1.807, 2.05) is 0 Å². The number of aromatic nitrogens is 1. The van der Waals surface area contributed by atoms with Gasteiger partial charge in [0.1, 0.15) is 5.58 Å². The lowest BCUT2D eigenvalue weighted by Crippen LogP contribution is -2.36. The van der Waals surface area contributed by atoms with E-state index < -0.39 is 0 Å². The normalized spacial score (nSPS) is 20.7. The van der Waals surface area contributed by atoms with Gasteiger partial charge in [-0.15, -0.1) is 0 Å². The molecule has 2 unspecified atom stereocenters. The number of hydrogen-bond acceptors (Lipinski definition) is 1. The third kappa shape index (κ3) is 3.53. The Kier molecular flexibility index (Phi) is 5.48. The van der Waals surface area contributed by atoms with Gasteiger partial charge in [-0.25, -0.2) is 0 Å². The second-order valence-corrected chi connectivity index (χ2v) is 16.3. The molecule has 0 saturated carbocycles. The minimum Gasteiger partial charge on any atom is -0.454 e. The van der Waals surface area contributed by atoms with E-state index in [9.17, 15) is 0 Å². The van der Waals surface area contributed by atoms with Crippen molar-refractivity contribution in [2.75, 3.05) is 0 Å². The Labute approximate surface area is 298 Å². The number of furan rings is 1. The van der Waals surface area contributed by atoms with Gasteiger partial charge in [0.15, 0.2) is 5.58 Å². The van der Waals surface area contributed by atoms with Gasteiger partial charge in [0.05, 0.1) is 11.0 Å². The first-order chi connectivity index (χ1) is 24.7. The number of rotatable bonds is 2. The molecule has 6 aromatic carbocycles. The molecule has 51 heavy (non-hydrogen) atoms. The highest BCUT2D eigenvalue weighted by molar-refractivity contribution is 6.26. The van der Waals surface area contributed by atoms with Crippen LogP contribution in [0.3, 0.4) is 0 Å². The smallest absolute Gasteiger partial charge is 0.160 e. The summed E-state index contributed by atoms with van der Waals surface area (Å²) in [6.07, 6.45) is 9.28. The van der Waals surface area contributed by atoms with E-state index in [2.05, 4.69) is 179 Å². The van der Waals surface area contributed by atoms with Crippen LogP contribution in [0.5, 0.6) is 0 Å². The molecule has 2 heterocycles. The Morgan fingerprint density at radius 3 is 2.25 bits per heavy atom. The van der Waals surface area contributed by atoms with Gasteiger partial charge in [0.2, 0.25) is 0 Å². The molecule has 0 saturated heterocycles. The molecule has 0 spiro atoms. The second kappa shape index (κ2) is 9.59. The van der Waals surface area contributed by atoms with E-state index in [-0.39, 0.29) is 16.2 Å². The molecular formula is C49H39NO. The van der Waals surface area contributed by atoms with Crippen molar-refractivity contribution < 1.29 is 4.42 Å². The fraction of sp³-hybridized carbons (Fsp3) is 0.184. The molecule has 11 rings (SSSR count). The summed E-state index contributed by atoms with van der Waals surface area (Å²) >= 11 is 0. The fourth-order valence-electron chi connectivity index (χ4n) is 10.2. The largest absolute Gasteiger partial charge is 0.454 e. The zero-order valence-electron chi connectivity index (χ0n) is 29.7. The van der Waals surface area contributed by atoms with Crippen LogP contribution in [0.1, 0.15) is 62.8 Å². The molecule has 0 fully saturated rings. The zero-order valence-corrected chi connectivity index (χ0v) is 29.7. The van der Waals surface area contributed by atoms with E-state index in [1.165, 1.54) is 66.5 Å². The van der Waals surface area contributed by atoms with Gasteiger partial charge in [-0.05, 0) is 86.3 Å². The molecule has 0 aliphatic heterocycles. The summed E-state index contributed by atoms with van der Waals surface area (Å²) in [4.78, 5) is 0. The van der Waals surface area contributed by atoms with Crippen LogP contribution in [0, 0.1) is 5.41 Å². The average Bonchev–Trinajstić information content (AvgIpc) is 3.81. The third-order valence-electron chi connectivity index (χ3n) is 13.3. The van der Waals surface area contributed by atoms with E-state index in [1.54, 1.807) is 0 Å². The van der Waals surface area contributed by atoms with Gasteiger partial charge in [-0.1, -0.05) is 138 Å². The lowest BCUT2D eigenvalue weighted by molar-refractivity contribution is 0.244. The van der Waals surface area contributed by atoms with Crippen molar-refractivity contribution in [3.05, 3.63) is 162 Å². The molecule has 2 nitrogen and oxygen atoms in total. The third-order valence-corrected chi connectivity index (χ3v) is 13.3. The van der Waals surface area contributed by atoms with Crippen molar-refractivity contribution in [1.82, 2.24) is 4.57 Å². The Balaban J connectivity index is 1.25. The summed E-state index contributed by atoms with van der Waals surface area (Å²) in [5.74, 6) is 0.364. The standard InChI is InChI=1S/C49H39NO/c1-47(2)38-17-9-6-14-31(38)32-23-21-29(26-40(32)47)36-28-37-33-15-8-11-20-43(33)51-46(37)45-44(36)35-16-7-10-19-42(35)50(45)30-22-24-34-39-18-12-13-25-49(39,5)48(3,4)41(34)27-30/h6-28,39H,1-5H3. The molecule has 3 aliphatic carbocycles. The van der Waals surface area contributed by atoms with E-state index in [0.29, 0.717) is 5.92 Å². The molecule has 3 aliphatic rings. The number of fused-ring (bicyclic) bond motifs is 13. The summed E-state index contributed by atoms with van der Waals surface area (Å²) in [5.41, 5.74) is 16.0. The highest BCUT2D eigenvalue weighted by Crippen LogP contribution is 2.61. The lowest BCUT2D eigenvalue weighted by atomic mass is 9.62. The molecule has 0 radical (unpaired) electrons. The average molecular weight is 658 g/mol. The van der Waals surface area contributed by atoms with E-state index in [4.69, 9.17) is 4.42 Å². The lowest BCUT2D eigenvalue weighted by Gasteiger charge is -2.41. The van der Waals surface area contributed by atoms with Crippen molar-refractivity contribution in [3.63, 3.8) is 0 Å². The maximum Gasteiger partial charge on any atom is 0.160 e. The minimum atomic E-state index is -0.0864. The van der Waals surface area contributed by atoms with E-state index in [0.717, 1.165) is 27.5 Å². The first-order valence-corrected chi connectivity index (χ1v) is 18.3. The first kappa shape index (κ1) is 29.2. The maximum atomic E-state index is 6.89. The van der Waals surface area contributed by atoms with Crippen LogP contribution >= 0.6 is 0 Å². The van der Waals surface area contributed by atoms with Crippen LogP contribution in [0.25, 0.3) is 71.7 Å². The predicted molar refractivity (Wildman–Crippen MR) is 213 cm³/mol. The van der Waals surface area contributed by atoms with Crippen LogP contribution in [0.15, 0.2) is 144 Å². The molecule has 2 aromatic heterocycles. The van der Waals surface area contributed by atoms with Crippen molar-refractivity contribution in [2.45, 2.75) is 51.4 Å². The summed E-state index contributed by atoms with van der Waals surface area (Å²) in [5, 5.41) is 4.76. The Morgan fingerprint density at radius 2 is 1.37 bits per heavy atom. The van der Waals surface area contributed by atoms with Crippen LogP contribution in [0.2, 0.25) is 0 Å². The van der Waals surface area contributed by atoms with Gasteiger partial charge in [-0.3, -0.25) is 0 Å². The van der Waals surface area contributed by atoms with Gasteiger partial charge >= 0.3 is 0 Å². The van der Waals surface area contributed by atoms with Gasteiger partial charge in [0.25, 0.3) is 0 Å². The highest BCUT2D eigenvalue weighted by Gasteiger charge is 2.53. The molecule has 0 bridgehead atoms. The molecule has 0 N–H and O–H groups in total. The zero-order chi connectivity index (χ0) is 34.4. The number of para-hydroxylation sites is 2. The van der Waals surface area contributed by atoms with Crippen LogP contribution in [-0.2, 0) is 10.8 Å². The van der Waals surface area contributed by atoms with Crippen molar-refractivity contribution in [2.24, 2.45) is 5.41 Å². The van der Waals surface area contributed by atoms with Gasteiger partial charge in [0, 0.05) is 44.0 Å². The summed E-state index contributed by atoms with van der Waals surface area (Å²) in [7, 11) is 0. The van der Waals surface area contributed by atoms with Crippen molar-refractivity contribution in [3.8, 4) is 27.9 Å². The maximum absolute atomic E-state index is 6.89. The van der Waals surface area contributed by atoms with Crippen LogP contribution < -0.4 is 0 Å². The molecule has 0 amide bonds. The fourth-order valence-corrected chi connectivity index (χ4v) is 10.2. The highest BCUT2D eigenvalue weighted by atomic mass is 16.3. The number of allylic oxidation sites excluding steroid dienone is 4. The summed E-state index contributed by atoms with van der Waals surface area (Å²) in [6.45, 7) is 12.0. The Morgan fingerprint density at radius 1 is 0.608 bits per heavy atom. The molecule has 246 valence electrons. The summed E-state index contributed by atoms with van der Waals surface area (Å²) < 4.78 is 9.37. The number of hydrogen-bond donors (Lipinski definition) is 0. The SMILES string of the molecule is CC1(C)c2ccccc2-c2ccc(-c3cc4c5ccccc5oc4c4c3c3ccccc3n4-c3ccc4c(c3)C(C)(C)C3(C)C=CC=CC43)cc21. The predicted octanol–water partition coefficient (Wildman–Crippen LogP) is 13.2. The van der Waals surface area contributed by atoms with Crippen molar-refractivity contribution >= 4 is 43.7 Å². The Hall–Kier alpha value is -5.60. The second-order valence-electron chi connectivity index (χ2n) is 16.3. The Bertz CT molecular complexity index is 2890. The van der Waals surface area contributed by atoms with Crippen LogP contribution in [-0.4, -0.2) is 4.57 Å². The number of benzene rings is 6. The molecular weight excluding hydrogens is 619 g/mol. The number of nitrogens with zero attached hydrogens (tertiary/aromatic N) is 1. The molecule has 2 atom stereocenters. The van der Waals surface area contributed by atoms with E-state index >= 15 is 0 Å². The summed E-state index contributed by atoms with van der Waals surface area (Å²) in [6, 6.07) is 43.1. The topological polar surface area (TPSA) is 18.1 Å². The monoisotopic (exact) mass is 657 g/mol. The molecule has 8 aromatic rings.